The molecule has 4 heteroatoms. The molecule has 124 valence electrons. The highest BCUT2D eigenvalue weighted by Crippen LogP contribution is 2.35. The molecule has 0 spiro atoms. The third kappa shape index (κ3) is 3.62. The summed E-state index contributed by atoms with van der Waals surface area (Å²) in [4.78, 5) is 13.5. The fourth-order valence-electron chi connectivity index (χ4n) is 2.97. The molecular weight excluding hydrogens is 322 g/mol. The standard InChI is InChI=1S/C20H20ClNO2/c1-2-20(23)22-13-11-15(12-14-22)24-19-10-6-4-8-17(19)16-7-3-5-9-18(16)21/h2-10,15H,1,11-14H2. The number of rotatable bonds is 4. The van der Waals surface area contributed by atoms with Gasteiger partial charge in [-0.1, -0.05) is 54.6 Å². The second-order valence-corrected chi connectivity index (χ2v) is 6.23. The van der Waals surface area contributed by atoms with Gasteiger partial charge in [0, 0.05) is 42.1 Å². The van der Waals surface area contributed by atoms with Crippen LogP contribution in [0.1, 0.15) is 12.8 Å². The molecule has 1 heterocycles. The van der Waals surface area contributed by atoms with E-state index in [0.29, 0.717) is 18.1 Å². The minimum absolute atomic E-state index is 0.00934. The van der Waals surface area contributed by atoms with E-state index in [0.717, 1.165) is 29.7 Å². The number of carbonyl (C=O) groups excluding carboxylic acids is 1. The van der Waals surface area contributed by atoms with Crippen LogP contribution >= 0.6 is 11.6 Å². The summed E-state index contributed by atoms with van der Waals surface area (Å²) in [5.41, 5.74) is 1.96. The summed E-state index contributed by atoms with van der Waals surface area (Å²) in [5.74, 6) is 0.823. The van der Waals surface area contributed by atoms with Crippen molar-refractivity contribution < 1.29 is 9.53 Å². The van der Waals surface area contributed by atoms with Crippen molar-refractivity contribution in [1.82, 2.24) is 4.90 Å². The third-order valence-electron chi connectivity index (χ3n) is 4.27. The number of likely N-dealkylation sites (tertiary alicyclic amines) is 1. The van der Waals surface area contributed by atoms with E-state index in [1.807, 2.05) is 53.4 Å². The molecule has 1 aliphatic rings. The molecule has 2 aromatic rings. The maximum Gasteiger partial charge on any atom is 0.245 e. The van der Waals surface area contributed by atoms with E-state index in [9.17, 15) is 4.79 Å². The van der Waals surface area contributed by atoms with Crippen LogP contribution in [0.3, 0.4) is 0 Å². The van der Waals surface area contributed by atoms with E-state index in [4.69, 9.17) is 16.3 Å². The predicted molar refractivity (Wildman–Crippen MR) is 97.3 cm³/mol. The average molecular weight is 342 g/mol. The van der Waals surface area contributed by atoms with Crippen molar-refractivity contribution in [2.75, 3.05) is 13.1 Å². The lowest BCUT2D eigenvalue weighted by Gasteiger charge is -2.32. The maximum atomic E-state index is 11.7. The first-order valence-electron chi connectivity index (χ1n) is 8.11. The summed E-state index contributed by atoms with van der Waals surface area (Å²) < 4.78 is 6.24. The van der Waals surface area contributed by atoms with Crippen molar-refractivity contribution in [3.05, 3.63) is 66.2 Å². The smallest absolute Gasteiger partial charge is 0.245 e. The SMILES string of the molecule is C=CC(=O)N1CCC(Oc2ccccc2-c2ccccc2Cl)CC1. The topological polar surface area (TPSA) is 29.5 Å². The number of carbonyl (C=O) groups is 1. The predicted octanol–water partition coefficient (Wildman–Crippen LogP) is 4.56. The van der Waals surface area contributed by atoms with Gasteiger partial charge in [-0.15, -0.1) is 0 Å². The molecule has 3 nitrogen and oxygen atoms in total. The number of ether oxygens (including phenoxy) is 1. The highest BCUT2D eigenvalue weighted by molar-refractivity contribution is 6.33. The monoisotopic (exact) mass is 341 g/mol. The molecule has 0 bridgehead atoms. The molecule has 0 N–H and O–H groups in total. The largest absolute Gasteiger partial charge is 0.490 e. The zero-order valence-electron chi connectivity index (χ0n) is 13.5. The van der Waals surface area contributed by atoms with Crippen LogP contribution in [0.4, 0.5) is 0 Å². The molecule has 0 radical (unpaired) electrons. The van der Waals surface area contributed by atoms with Crippen LogP contribution in [-0.2, 0) is 4.79 Å². The average Bonchev–Trinajstić information content (AvgIpc) is 2.63. The summed E-state index contributed by atoms with van der Waals surface area (Å²) in [6.07, 6.45) is 3.10. The normalized spacial score (nSPS) is 15.1. The second-order valence-electron chi connectivity index (χ2n) is 5.82. The van der Waals surface area contributed by atoms with Gasteiger partial charge in [0.15, 0.2) is 0 Å². The van der Waals surface area contributed by atoms with Gasteiger partial charge in [-0.3, -0.25) is 4.79 Å². The Kier molecular flexibility index (Phi) is 5.21. The Labute approximate surface area is 147 Å². The van der Waals surface area contributed by atoms with Crippen LogP contribution < -0.4 is 4.74 Å². The number of halogens is 1. The molecule has 1 amide bonds. The van der Waals surface area contributed by atoms with Crippen molar-refractivity contribution in [2.24, 2.45) is 0 Å². The lowest BCUT2D eigenvalue weighted by atomic mass is 10.0. The summed E-state index contributed by atoms with van der Waals surface area (Å²) >= 11 is 6.33. The molecule has 1 saturated heterocycles. The van der Waals surface area contributed by atoms with Gasteiger partial charge in [0.25, 0.3) is 0 Å². The molecule has 3 rings (SSSR count). The van der Waals surface area contributed by atoms with Crippen LogP contribution in [0.25, 0.3) is 11.1 Å². The van der Waals surface area contributed by atoms with Crippen LogP contribution in [0.15, 0.2) is 61.2 Å². The molecule has 2 aromatic carbocycles. The number of benzene rings is 2. The van der Waals surface area contributed by atoms with Crippen molar-refractivity contribution in [2.45, 2.75) is 18.9 Å². The molecule has 1 fully saturated rings. The molecular formula is C20H20ClNO2. The van der Waals surface area contributed by atoms with E-state index in [1.54, 1.807) is 0 Å². The molecule has 0 aromatic heterocycles. The second kappa shape index (κ2) is 7.54. The summed E-state index contributed by atoms with van der Waals surface area (Å²) in [5, 5.41) is 0.708. The molecule has 0 unspecified atom stereocenters. The van der Waals surface area contributed by atoms with Gasteiger partial charge in [-0.2, -0.15) is 0 Å². The quantitative estimate of drug-likeness (QED) is 0.763. The van der Waals surface area contributed by atoms with Gasteiger partial charge >= 0.3 is 0 Å². The van der Waals surface area contributed by atoms with E-state index in [2.05, 4.69) is 6.58 Å². The van der Waals surface area contributed by atoms with Gasteiger partial charge < -0.3 is 9.64 Å². The highest BCUT2D eigenvalue weighted by Gasteiger charge is 2.23. The summed E-state index contributed by atoms with van der Waals surface area (Å²) in [6, 6.07) is 15.7. The first kappa shape index (κ1) is 16.6. The van der Waals surface area contributed by atoms with Crippen LogP contribution in [-0.4, -0.2) is 30.0 Å². The Bertz CT molecular complexity index is 736. The zero-order valence-corrected chi connectivity index (χ0v) is 14.2. The van der Waals surface area contributed by atoms with E-state index < -0.39 is 0 Å². The van der Waals surface area contributed by atoms with Gasteiger partial charge in [-0.05, 0) is 18.2 Å². The Morgan fingerprint density at radius 1 is 1.08 bits per heavy atom. The van der Waals surface area contributed by atoms with E-state index in [1.165, 1.54) is 6.08 Å². The highest BCUT2D eigenvalue weighted by atomic mass is 35.5. The summed E-state index contributed by atoms with van der Waals surface area (Å²) in [7, 11) is 0. The molecule has 24 heavy (non-hydrogen) atoms. The maximum absolute atomic E-state index is 11.7. The zero-order chi connectivity index (χ0) is 16.9. The number of hydrogen-bond acceptors (Lipinski definition) is 2. The fourth-order valence-corrected chi connectivity index (χ4v) is 3.21. The first-order chi connectivity index (χ1) is 11.7. The lowest BCUT2D eigenvalue weighted by molar-refractivity contribution is -0.127. The number of amides is 1. The van der Waals surface area contributed by atoms with Gasteiger partial charge in [-0.25, -0.2) is 0 Å². The molecule has 1 aliphatic heterocycles. The molecule has 0 atom stereocenters. The van der Waals surface area contributed by atoms with Crippen LogP contribution in [0, 0.1) is 0 Å². The van der Waals surface area contributed by atoms with Crippen molar-refractivity contribution >= 4 is 17.5 Å². The number of hydrogen-bond donors (Lipinski definition) is 0. The van der Waals surface area contributed by atoms with Crippen molar-refractivity contribution in [3.63, 3.8) is 0 Å². The minimum Gasteiger partial charge on any atom is -0.490 e. The number of nitrogens with zero attached hydrogens (tertiary/aromatic N) is 1. The van der Waals surface area contributed by atoms with Gasteiger partial charge in [0.2, 0.25) is 5.91 Å². The molecule has 0 saturated carbocycles. The van der Waals surface area contributed by atoms with Crippen molar-refractivity contribution in [1.29, 1.82) is 0 Å². The van der Waals surface area contributed by atoms with Crippen molar-refractivity contribution in [3.8, 4) is 16.9 Å². The summed E-state index contributed by atoms with van der Waals surface area (Å²) in [6.45, 7) is 4.94. The third-order valence-corrected chi connectivity index (χ3v) is 4.60. The van der Waals surface area contributed by atoms with E-state index in [-0.39, 0.29) is 12.0 Å². The minimum atomic E-state index is -0.00934. The fraction of sp³-hybridized carbons (Fsp3) is 0.250. The number of para-hydroxylation sites is 1. The Morgan fingerprint density at radius 2 is 1.71 bits per heavy atom. The van der Waals surface area contributed by atoms with Crippen LogP contribution in [0.5, 0.6) is 5.75 Å². The Balaban J connectivity index is 1.74. The van der Waals surface area contributed by atoms with Crippen LogP contribution in [0.2, 0.25) is 5.02 Å². The van der Waals surface area contributed by atoms with E-state index >= 15 is 0 Å². The van der Waals surface area contributed by atoms with Gasteiger partial charge in [0.1, 0.15) is 11.9 Å². The first-order valence-corrected chi connectivity index (χ1v) is 8.49. The Morgan fingerprint density at radius 3 is 2.38 bits per heavy atom. The molecule has 0 aliphatic carbocycles. The van der Waals surface area contributed by atoms with Gasteiger partial charge in [0.05, 0.1) is 0 Å². The lowest BCUT2D eigenvalue weighted by Crippen LogP contribution is -2.41. The number of piperidine rings is 1. The Hall–Kier alpha value is -2.26.